The lowest BCUT2D eigenvalue weighted by Crippen LogP contribution is -2.16. The molecule has 1 aromatic carbocycles. The minimum absolute atomic E-state index is 0.432. The lowest BCUT2D eigenvalue weighted by atomic mass is 10.0. The summed E-state index contributed by atoms with van der Waals surface area (Å²) in [5.41, 5.74) is 8.86. The van der Waals surface area contributed by atoms with Crippen molar-refractivity contribution in [1.82, 2.24) is 10.2 Å². The van der Waals surface area contributed by atoms with Gasteiger partial charge in [-0.25, -0.2) is 0 Å². The molecule has 2 rings (SSSR count). The van der Waals surface area contributed by atoms with E-state index in [1.165, 1.54) is 19.3 Å². The van der Waals surface area contributed by atoms with Crippen LogP contribution in [0.2, 0.25) is 0 Å². The molecule has 0 spiro atoms. The quantitative estimate of drug-likeness (QED) is 0.693. The number of H-pyrrole nitrogens is 1. The minimum Gasteiger partial charge on any atom is -0.397 e. The van der Waals surface area contributed by atoms with Crippen molar-refractivity contribution in [2.24, 2.45) is 5.92 Å². The fraction of sp³-hybridized carbons (Fsp3) is 0.533. The second-order valence-corrected chi connectivity index (χ2v) is 5.77. The van der Waals surface area contributed by atoms with Crippen molar-refractivity contribution in [3.05, 3.63) is 18.3 Å². The molecule has 2 aromatic rings. The standard InChI is InChI=1S/C15H24N4/c1-10(2)5-4-6-11(3)18-15-8-14-12(7-13(15)16)9-17-19-14/h7-11,18H,4-6,16H2,1-3H3,(H,17,19). The van der Waals surface area contributed by atoms with E-state index in [1.807, 2.05) is 12.1 Å². The van der Waals surface area contributed by atoms with Crippen molar-refractivity contribution >= 4 is 22.3 Å². The van der Waals surface area contributed by atoms with Crippen LogP contribution in [0, 0.1) is 5.92 Å². The maximum absolute atomic E-state index is 6.07. The second-order valence-electron chi connectivity index (χ2n) is 5.77. The van der Waals surface area contributed by atoms with Gasteiger partial charge in [-0.3, -0.25) is 5.10 Å². The lowest BCUT2D eigenvalue weighted by molar-refractivity contribution is 0.520. The maximum atomic E-state index is 6.07. The molecule has 0 bridgehead atoms. The van der Waals surface area contributed by atoms with Crippen molar-refractivity contribution in [1.29, 1.82) is 0 Å². The molecule has 4 nitrogen and oxygen atoms in total. The summed E-state index contributed by atoms with van der Waals surface area (Å²) in [5.74, 6) is 0.776. The van der Waals surface area contributed by atoms with Crippen LogP contribution in [0.25, 0.3) is 10.9 Å². The van der Waals surface area contributed by atoms with Crippen LogP contribution in [0.1, 0.15) is 40.0 Å². The Morgan fingerprint density at radius 2 is 2.05 bits per heavy atom. The van der Waals surface area contributed by atoms with Crippen LogP contribution in [0.5, 0.6) is 0 Å². The Labute approximate surface area is 114 Å². The number of nitrogen functional groups attached to an aromatic ring is 1. The van der Waals surface area contributed by atoms with Crippen molar-refractivity contribution < 1.29 is 0 Å². The van der Waals surface area contributed by atoms with E-state index in [1.54, 1.807) is 6.20 Å². The zero-order chi connectivity index (χ0) is 13.8. The molecule has 0 aliphatic rings. The monoisotopic (exact) mass is 260 g/mol. The van der Waals surface area contributed by atoms with Crippen LogP contribution in [0.4, 0.5) is 11.4 Å². The zero-order valence-corrected chi connectivity index (χ0v) is 12.0. The molecule has 1 atom stereocenters. The van der Waals surface area contributed by atoms with E-state index < -0.39 is 0 Å². The third-order valence-corrected chi connectivity index (χ3v) is 3.43. The number of nitrogens with one attached hydrogen (secondary N) is 2. The normalized spacial score (nSPS) is 13.1. The predicted octanol–water partition coefficient (Wildman–Crippen LogP) is 3.77. The van der Waals surface area contributed by atoms with E-state index in [-0.39, 0.29) is 0 Å². The molecule has 0 aliphatic carbocycles. The molecule has 4 N–H and O–H groups in total. The number of hydrogen-bond acceptors (Lipinski definition) is 3. The molecular weight excluding hydrogens is 236 g/mol. The summed E-state index contributed by atoms with van der Waals surface area (Å²) in [7, 11) is 0. The van der Waals surface area contributed by atoms with Gasteiger partial charge in [-0.2, -0.15) is 5.10 Å². The van der Waals surface area contributed by atoms with Gasteiger partial charge in [0, 0.05) is 11.4 Å². The van der Waals surface area contributed by atoms with Gasteiger partial charge in [0.15, 0.2) is 0 Å². The van der Waals surface area contributed by atoms with Crippen LogP contribution < -0.4 is 11.1 Å². The highest BCUT2D eigenvalue weighted by atomic mass is 15.1. The molecule has 104 valence electrons. The molecule has 1 unspecified atom stereocenters. The molecule has 19 heavy (non-hydrogen) atoms. The van der Waals surface area contributed by atoms with Gasteiger partial charge >= 0.3 is 0 Å². The minimum atomic E-state index is 0.432. The molecule has 0 aliphatic heterocycles. The van der Waals surface area contributed by atoms with E-state index >= 15 is 0 Å². The molecule has 0 fully saturated rings. The van der Waals surface area contributed by atoms with Gasteiger partial charge in [-0.1, -0.05) is 26.7 Å². The second kappa shape index (κ2) is 5.95. The highest BCUT2D eigenvalue weighted by molar-refractivity contribution is 5.88. The van der Waals surface area contributed by atoms with Gasteiger partial charge in [-0.05, 0) is 31.4 Å². The molecule has 1 heterocycles. The van der Waals surface area contributed by atoms with Crippen LogP contribution >= 0.6 is 0 Å². The average Bonchev–Trinajstić information content (AvgIpc) is 2.76. The number of aromatic nitrogens is 2. The van der Waals surface area contributed by atoms with Gasteiger partial charge in [0.05, 0.1) is 23.1 Å². The first kappa shape index (κ1) is 13.7. The molecule has 1 aromatic heterocycles. The summed E-state index contributed by atoms with van der Waals surface area (Å²) >= 11 is 0. The third kappa shape index (κ3) is 3.63. The first-order chi connectivity index (χ1) is 9.06. The average molecular weight is 260 g/mol. The molecule has 0 saturated carbocycles. The van der Waals surface area contributed by atoms with Crippen LogP contribution in [0.3, 0.4) is 0 Å². The van der Waals surface area contributed by atoms with Crippen LogP contribution in [-0.2, 0) is 0 Å². The van der Waals surface area contributed by atoms with E-state index in [2.05, 4.69) is 36.3 Å². The van der Waals surface area contributed by atoms with E-state index in [9.17, 15) is 0 Å². The number of benzene rings is 1. The Hall–Kier alpha value is -1.71. The summed E-state index contributed by atoms with van der Waals surface area (Å²) < 4.78 is 0. The predicted molar refractivity (Wildman–Crippen MR) is 82.3 cm³/mol. The number of nitrogens with two attached hydrogens (primary N) is 1. The number of fused-ring (bicyclic) bond motifs is 1. The van der Waals surface area contributed by atoms with Gasteiger partial charge in [0.1, 0.15) is 0 Å². The topological polar surface area (TPSA) is 66.7 Å². The first-order valence-electron chi connectivity index (χ1n) is 7.05. The smallest absolute Gasteiger partial charge is 0.0672 e. The highest BCUT2D eigenvalue weighted by Crippen LogP contribution is 2.25. The Balaban J connectivity index is 1.97. The fourth-order valence-corrected chi connectivity index (χ4v) is 2.30. The maximum Gasteiger partial charge on any atom is 0.0672 e. The van der Waals surface area contributed by atoms with Crippen LogP contribution in [-0.4, -0.2) is 16.2 Å². The van der Waals surface area contributed by atoms with Gasteiger partial charge in [0.25, 0.3) is 0 Å². The summed E-state index contributed by atoms with van der Waals surface area (Å²) in [5, 5.41) is 11.5. The van der Waals surface area contributed by atoms with Gasteiger partial charge in [0.2, 0.25) is 0 Å². The molecule has 0 radical (unpaired) electrons. The Kier molecular flexibility index (Phi) is 4.30. The molecule has 0 amide bonds. The molecule has 0 saturated heterocycles. The SMILES string of the molecule is CC(C)CCCC(C)Nc1cc2[nH]ncc2cc1N. The Bertz CT molecular complexity index is 530. The van der Waals surface area contributed by atoms with Crippen LogP contribution in [0.15, 0.2) is 18.3 Å². The first-order valence-corrected chi connectivity index (χ1v) is 7.05. The number of aromatic amines is 1. The number of rotatable bonds is 6. The number of hydrogen-bond donors (Lipinski definition) is 3. The van der Waals surface area contributed by atoms with E-state index in [0.717, 1.165) is 28.2 Å². The lowest BCUT2D eigenvalue weighted by Gasteiger charge is -2.17. The fourth-order valence-electron chi connectivity index (χ4n) is 2.30. The highest BCUT2D eigenvalue weighted by Gasteiger charge is 2.07. The van der Waals surface area contributed by atoms with Crippen molar-refractivity contribution in [2.75, 3.05) is 11.1 Å². The van der Waals surface area contributed by atoms with E-state index in [0.29, 0.717) is 6.04 Å². The zero-order valence-electron chi connectivity index (χ0n) is 12.0. The summed E-state index contributed by atoms with van der Waals surface area (Å²) in [4.78, 5) is 0. The Morgan fingerprint density at radius 3 is 2.79 bits per heavy atom. The number of anilines is 2. The van der Waals surface area contributed by atoms with Crippen molar-refractivity contribution in [3.63, 3.8) is 0 Å². The number of nitrogens with zero attached hydrogens (tertiary/aromatic N) is 1. The summed E-state index contributed by atoms with van der Waals surface area (Å²) in [6, 6.07) is 4.43. The van der Waals surface area contributed by atoms with E-state index in [4.69, 9.17) is 5.73 Å². The molecule has 4 heteroatoms. The summed E-state index contributed by atoms with van der Waals surface area (Å²) in [6.45, 7) is 6.74. The molecular formula is C15H24N4. The van der Waals surface area contributed by atoms with Crippen molar-refractivity contribution in [2.45, 2.75) is 46.1 Å². The van der Waals surface area contributed by atoms with Gasteiger partial charge < -0.3 is 11.1 Å². The van der Waals surface area contributed by atoms with Crippen molar-refractivity contribution in [3.8, 4) is 0 Å². The largest absolute Gasteiger partial charge is 0.397 e. The summed E-state index contributed by atoms with van der Waals surface area (Å²) in [6.07, 6.45) is 5.49. The van der Waals surface area contributed by atoms with Gasteiger partial charge in [-0.15, -0.1) is 0 Å². The Morgan fingerprint density at radius 1 is 1.26 bits per heavy atom. The third-order valence-electron chi connectivity index (χ3n) is 3.43.